The van der Waals surface area contributed by atoms with Crippen LogP contribution in [0.2, 0.25) is 0 Å². The number of nitrogens with zero attached hydrogens (tertiary/aromatic N) is 1. The molecule has 2 aromatic carbocycles. The molecule has 0 radical (unpaired) electrons. The van der Waals surface area contributed by atoms with Gasteiger partial charge < -0.3 is 14.8 Å². The third-order valence-electron chi connectivity index (χ3n) is 3.69. The molecule has 0 heterocycles. The van der Waals surface area contributed by atoms with Crippen molar-refractivity contribution in [3.05, 3.63) is 77.4 Å². The number of ether oxygens (including phenoxy) is 2. The average Bonchev–Trinajstić information content (AvgIpc) is 2.71. The molecule has 7 nitrogen and oxygen atoms in total. The first kappa shape index (κ1) is 22.1. The zero-order valence-electron chi connectivity index (χ0n) is 16.5. The Labute approximate surface area is 174 Å². The van der Waals surface area contributed by atoms with E-state index in [1.54, 1.807) is 12.1 Å². The zero-order valence-corrected chi connectivity index (χ0v) is 16.5. The number of rotatable bonds is 7. The molecular weight excluding hydrogens is 384 g/mol. The topological polar surface area (TPSA) is 105 Å². The van der Waals surface area contributed by atoms with E-state index in [-0.39, 0.29) is 17.1 Å². The van der Waals surface area contributed by atoms with Gasteiger partial charge in [0, 0.05) is 20.4 Å². The molecule has 152 valence electrons. The Morgan fingerprint density at radius 3 is 2.30 bits per heavy atom. The first-order valence-corrected chi connectivity index (χ1v) is 9.00. The molecule has 0 saturated carbocycles. The third-order valence-corrected chi connectivity index (χ3v) is 3.69. The van der Waals surface area contributed by atoms with Gasteiger partial charge in [-0.25, -0.2) is 0 Å². The number of hydrogen-bond acceptors (Lipinski definition) is 6. The maximum absolute atomic E-state index is 12.2. The lowest BCUT2D eigenvalue weighted by atomic mass is 10.1. The summed E-state index contributed by atoms with van der Waals surface area (Å²) >= 11 is 0. The van der Waals surface area contributed by atoms with Crippen LogP contribution in [0.3, 0.4) is 0 Å². The number of hydrogen-bond donors (Lipinski definition) is 1. The van der Waals surface area contributed by atoms with Crippen molar-refractivity contribution in [2.75, 3.05) is 0 Å². The molecule has 0 bridgehead atoms. The molecule has 30 heavy (non-hydrogen) atoms. The molecular formula is C23H20N2O5. The highest BCUT2D eigenvalue weighted by Crippen LogP contribution is 2.29. The number of carbonyl (C=O) groups is 3. The van der Waals surface area contributed by atoms with Gasteiger partial charge in [-0.2, -0.15) is 5.26 Å². The second kappa shape index (κ2) is 11.0. The summed E-state index contributed by atoms with van der Waals surface area (Å²) in [6.45, 7) is 2.78. The molecule has 0 unspecified atom stereocenters. The highest BCUT2D eigenvalue weighted by atomic mass is 16.6. The summed E-state index contributed by atoms with van der Waals surface area (Å²) in [4.78, 5) is 34.6. The summed E-state index contributed by atoms with van der Waals surface area (Å²) in [6, 6.07) is 15.8. The SMILES string of the molecule is CC(=O)Oc1ccc(/C=C/C=C(\C#N)C(=O)NCc2ccccc2)cc1OC(C)=O. The number of nitriles is 1. The van der Waals surface area contributed by atoms with Gasteiger partial charge in [-0.05, 0) is 29.3 Å². The number of allylic oxidation sites excluding steroid dienone is 2. The molecule has 0 aliphatic rings. The first-order chi connectivity index (χ1) is 14.4. The van der Waals surface area contributed by atoms with Crippen LogP contribution in [0.5, 0.6) is 11.5 Å². The Hall–Kier alpha value is -4.18. The van der Waals surface area contributed by atoms with Gasteiger partial charge in [0.25, 0.3) is 5.91 Å². The number of benzene rings is 2. The fourth-order valence-corrected chi connectivity index (χ4v) is 2.39. The fourth-order valence-electron chi connectivity index (χ4n) is 2.39. The molecule has 0 aliphatic carbocycles. The molecule has 0 saturated heterocycles. The number of nitrogens with one attached hydrogen (secondary N) is 1. The van der Waals surface area contributed by atoms with E-state index in [1.165, 1.54) is 38.1 Å². The summed E-state index contributed by atoms with van der Waals surface area (Å²) in [5, 5.41) is 11.9. The van der Waals surface area contributed by atoms with E-state index >= 15 is 0 Å². The molecule has 2 rings (SSSR count). The van der Waals surface area contributed by atoms with Crippen molar-refractivity contribution >= 4 is 23.9 Å². The molecule has 0 aromatic heterocycles. The van der Waals surface area contributed by atoms with E-state index in [9.17, 15) is 19.6 Å². The summed E-state index contributed by atoms with van der Waals surface area (Å²) in [6.07, 6.45) is 4.53. The molecule has 2 aromatic rings. The maximum atomic E-state index is 12.2. The lowest BCUT2D eigenvalue weighted by Gasteiger charge is -2.09. The lowest BCUT2D eigenvalue weighted by molar-refractivity contribution is -0.134. The van der Waals surface area contributed by atoms with Crippen molar-refractivity contribution in [1.82, 2.24) is 5.32 Å². The van der Waals surface area contributed by atoms with Crippen LogP contribution < -0.4 is 14.8 Å². The van der Waals surface area contributed by atoms with Crippen molar-refractivity contribution in [2.45, 2.75) is 20.4 Å². The Balaban J connectivity index is 2.11. The third kappa shape index (κ3) is 7.09. The summed E-state index contributed by atoms with van der Waals surface area (Å²) in [5.41, 5.74) is 1.48. The van der Waals surface area contributed by atoms with Crippen LogP contribution in [-0.4, -0.2) is 17.8 Å². The van der Waals surface area contributed by atoms with E-state index in [2.05, 4.69) is 5.32 Å². The van der Waals surface area contributed by atoms with Crippen LogP contribution in [0, 0.1) is 11.3 Å². The van der Waals surface area contributed by atoms with Crippen molar-refractivity contribution in [3.63, 3.8) is 0 Å². The van der Waals surface area contributed by atoms with Crippen molar-refractivity contribution in [3.8, 4) is 17.6 Å². The van der Waals surface area contributed by atoms with Crippen molar-refractivity contribution in [1.29, 1.82) is 5.26 Å². The standard InChI is InChI=1S/C23H20N2O5/c1-16(26)29-21-12-11-18(13-22(21)30-17(2)27)9-6-10-20(14-24)23(28)25-15-19-7-4-3-5-8-19/h3-13H,15H2,1-2H3,(H,25,28)/b9-6+,20-10+. The van der Waals surface area contributed by atoms with E-state index in [0.717, 1.165) is 5.56 Å². The van der Waals surface area contributed by atoms with Gasteiger partial charge in [0.1, 0.15) is 11.6 Å². The first-order valence-electron chi connectivity index (χ1n) is 9.00. The molecule has 0 aliphatic heterocycles. The molecule has 1 N–H and O–H groups in total. The van der Waals surface area contributed by atoms with E-state index in [4.69, 9.17) is 9.47 Å². The Morgan fingerprint density at radius 2 is 1.67 bits per heavy atom. The van der Waals surface area contributed by atoms with E-state index in [0.29, 0.717) is 12.1 Å². The summed E-state index contributed by atoms with van der Waals surface area (Å²) in [7, 11) is 0. The van der Waals surface area contributed by atoms with Crippen LogP contribution in [-0.2, 0) is 20.9 Å². The monoisotopic (exact) mass is 404 g/mol. The molecule has 0 spiro atoms. The number of amides is 1. The Kier molecular flexibility index (Phi) is 8.09. The van der Waals surface area contributed by atoms with Gasteiger partial charge in [0.05, 0.1) is 0 Å². The molecule has 1 amide bonds. The zero-order chi connectivity index (χ0) is 21.9. The van der Waals surface area contributed by atoms with E-state index < -0.39 is 17.8 Å². The van der Waals surface area contributed by atoms with Crippen molar-refractivity contribution in [2.24, 2.45) is 0 Å². The van der Waals surface area contributed by atoms with Crippen LogP contribution in [0.25, 0.3) is 6.08 Å². The lowest BCUT2D eigenvalue weighted by Crippen LogP contribution is -2.23. The van der Waals surface area contributed by atoms with Gasteiger partial charge in [0.2, 0.25) is 0 Å². The van der Waals surface area contributed by atoms with Crippen LogP contribution in [0.4, 0.5) is 0 Å². The van der Waals surface area contributed by atoms with Gasteiger partial charge in [-0.15, -0.1) is 0 Å². The number of carbonyl (C=O) groups excluding carboxylic acids is 3. The van der Waals surface area contributed by atoms with Gasteiger partial charge in [-0.1, -0.05) is 48.6 Å². The van der Waals surface area contributed by atoms with Gasteiger partial charge in [0.15, 0.2) is 11.5 Å². The quantitative estimate of drug-likeness (QED) is 0.250. The fraction of sp³-hybridized carbons (Fsp3) is 0.130. The molecule has 0 atom stereocenters. The predicted octanol–water partition coefficient (Wildman–Crippen LogP) is 3.32. The molecule has 0 fully saturated rings. The molecule has 7 heteroatoms. The minimum Gasteiger partial charge on any atom is -0.423 e. The summed E-state index contributed by atoms with van der Waals surface area (Å²) in [5.74, 6) is -1.40. The van der Waals surface area contributed by atoms with E-state index in [1.807, 2.05) is 36.4 Å². The predicted molar refractivity (Wildman–Crippen MR) is 110 cm³/mol. The second-order valence-corrected chi connectivity index (χ2v) is 6.11. The highest BCUT2D eigenvalue weighted by molar-refractivity contribution is 5.97. The Bertz CT molecular complexity index is 1030. The number of esters is 2. The minimum atomic E-state index is -0.564. The van der Waals surface area contributed by atoms with Gasteiger partial charge >= 0.3 is 11.9 Å². The van der Waals surface area contributed by atoms with Crippen molar-refractivity contribution < 1.29 is 23.9 Å². The van der Waals surface area contributed by atoms with Gasteiger partial charge in [-0.3, -0.25) is 14.4 Å². The van der Waals surface area contributed by atoms with Crippen LogP contribution in [0.15, 0.2) is 66.3 Å². The van der Waals surface area contributed by atoms with Crippen LogP contribution in [0.1, 0.15) is 25.0 Å². The average molecular weight is 404 g/mol. The Morgan fingerprint density at radius 1 is 1.00 bits per heavy atom. The highest BCUT2D eigenvalue weighted by Gasteiger charge is 2.11. The minimum absolute atomic E-state index is 0.0566. The smallest absolute Gasteiger partial charge is 0.308 e. The second-order valence-electron chi connectivity index (χ2n) is 6.11. The largest absolute Gasteiger partial charge is 0.423 e. The van der Waals surface area contributed by atoms with Crippen LogP contribution >= 0.6 is 0 Å². The normalized spacial score (nSPS) is 10.9. The maximum Gasteiger partial charge on any atom is 0.308 e. The summed E-state index contributed by atoms with van der Waals surface area (Å²) < 4.78 is 10.1.